The molecule has 0 spiro atoms. The average molecular weight is 364 g/mol. The highest BCUT2D eigenvalue weighted by molar-refractivity contribution is 5.66. The summed E-state index contributed by atoms with van der Waals surface area (Å²) in [6.07, 6.45) is 1.69. The second kappa shape index (κ2) is 7.41. The fraction of sp³-hybridized carbons (Fsp3) is 0.200. The van der Waals surface area contributed by atoms with Crippen LogP contribution in [-0.4, -0.2) is 30.3 Å². The highest BCUT2D eigenvalue weighted by Crippen LogP contribution is 2.33. The molecule has 2 heterocycles. The van der Waals surface area contributed by atoms with Crippen LogP contribution in [0.5, 0.6) is 17.2 Å². The van der Waals surface area contributed by atoms with E-state index in [9.17, 15) is 0 Å². The molecule has 2 aromatic carbocycles. The number of methoxy groups -OCH3 is 1. The number of rotatable bonds is 5. The van der Waals surface area contributed by atoms with E-state index in [2.05, 4.69) is 20.6 Å². The van der Waals surface area contributed by atoms with Crippen LogP contribution in [0.25, 0.3) is 0 Å². The number of anilines is 4. The van der Waals surface area contributed by atoms with Crippen LogP contribution in [-0.2, 0) is 0 Å². The molecule has 0 amide bonds. The van der Waals surface area contributed by atoms with Gasteiger partial charge in [-0.3, -0.25) is 0 Å². The van der Waals surface area contributed by atoms with Gasteiger partial charge >= 0.3 is 0 Å². The first-order chi connectivity index (χ1) is 13.2. The normalized spacial score (nSPS) is 12.4. The van der Waals surface area contributed by atoms with Crippen molar-refractivity contribution >= 4 is 23.1 Å². The van der Waals surface area contributed by atoms with E-state index in [4.69, 9.17) is 14.2 Å². The molecule has 1 aromatic heterocycles. The molecule has 138 valence electrons. The second-order valence-corrected chi connectivity index (χ2v) is 6.08. The minimum absolute atomic E-state index is 0.475. The van der Waals surface area contributed by atoms with E-state index in [0.717, 1.165) is 28.4 Å². The third kappa shape index (κ3) is 3.87. The lowest BCUT2D eigenvalue weighted by molar-refractivity contribution is 0.171. The zero-order valence-corrected chi connectivity index (χ0v) is 15.2. The van der Waals surface area contributed by atoms with Crippen molar-refractivity contribution in [1.29, 1.82) is 0 Å². The average Bonchev–Trinajstić information content (AvgIpc) is 2.68. The number of ether oxygens (including phenoxy) is 3. The van der Waals surface area contributed by atoms with Crippen molar-refractivity contribution in [1.82, 2.24) is 9.97 Å². The molecular formula is C20H20N4O3. The first-order valence-electron chi connectivity index (χ1n) is 8.63. The molecular weight excluding hydrogens is 344 g/mol. The molecule has 0 radical (unpaired) electrons. The van der Waals surface area contributed by atoms with Gasteiger partial charge in [-0.05, 0) is 42.8 Å². The standard InChI is InChI=1S/C20H20N4O3/c1-13-3-5-16(25-2)15(11-13)23-19-7-8-21-20(24-19)22-14-4-6-17-18(12-14)27-10-9-26-17/h3-8,11-12H,9-10H2,1-2H3,(H2,21,22,23,24). The topological polar surface area (TPSA) is 77.5 Å². The van der Waals surface area contributed by atoms with Gasteiger partial charge in [0.25, 0.3) is 0 Å². The molecule has 1 aliphatic rings. The Morgan fingerprint density at radius 1 is 0.963 bits per heavy atom. The Balaban J connectivity index is 1.54. The molecule has 7 nitrogen and oxygen atoms in total. The molecule has 0 saturated heterocycles. The monoisotopic (exact) mass is 364 g/mol. The zero-order chi connectivity index (χ0) is 18.6. The van der Waals surface area contributed by atoms with Crippen molar-refractivity contribution < 1.29 is 14.2 Å². The summed E-state index contributed by atoms with van der Waals surface area (Å²) in [7, 11) is 1.64. The third-order valence-corrected chi connectivity index (χ3v) is 4.07. The molecule has 0 unspecified atom stereocenters. The van der Waals surface area contributed by atoms with Crippen LogP contribution in [0.15, 0.2) is 48.7 Å². The first kappa shape index (κ1) is 17.0. The van der Waals surface area contributed by atoms with Crippen LogP contribution in [0.2, 0.25) is 0 Å². The Kier molecular flexibility index (Phi) is 4.65. The molecule has 4 rings (SSSR count). The van der Waals surface area contributed by atoms with E-state index < -0.39 is 0 Å². The Morgan fingerprint density at radius 3 is 2.67 bits per heavy atom. The summed E-state index contributed by atoms with van der Waals surface area (Å²) in [6, 6.07) is 13.4. The first-order valence-corrected chi connectivity index (χ1v) is 8.63. The molecule has 0 fully saturated rings. The van der Waals surface area contributed by atoms with Gasteiger partial charge in [-0.25, -0.2) is 4.98 Å². The van der Waals surface area contributed by atoms with Crippen LogP contribution in [0.1, 0.15) is 5.56 Å². The van der Waals surface area contributed by atoms with Crippen LogP contribution in [0.3, 0.4) is 0 Å². The molecule has 27 heavy (non-hydrogen) atoms. The number of hydrogen-bond donors (Lipinski definition) is 2. The fourth-order valence-electron chi connectivity index (χ4n) is 2.80. The van der Waals surface area contributed by atoms with Crippen LogP contribution in [0, 0.1) is 6.92 Å². The van der Waals surface area contributed by atoms with Crippen LogP contribution in [0.4, 0.5) is 23.1 Å². The van der Waals surface area contributed by atoms with E-state index >= 15 is 0 Å². The minimum atomic E-state index is 0.475. The van der Waals surface area contributed by atoms with Gasteiger partial charge in [0.2, 0.25) is 5.95 Å². The summed E-state index contributed by atoms with van der Waals surface area (Å²) in [5.74, 6) is 3.34. The second-order valence-electron chi connectivity index (χ2n) is 6.08. The van der Waals surface area contributed by atoms with Crippen molar-refractivity contribution in [3.05, 3.63) is 54.2 Å². The van der Waals surface area contributed by atoms with Gasteiger partial charge in [0.05, 0.1) is 12.8 Å². The maximum Gasteiger partial charge on any atom is 0.229 e. The molecule has 7 heteroatoms. The highest BCUT2D eigenvalue weighted by Gasteiger charge is 2.12. The van der Waals surface area contributed by atoms with Crippen molar-refractivity contribution in [2.45, 2.75) is 6.92 Å². The lowest BCUT2D eigenvalue weighted by atomic mass is 10.2. The Hall–Kier alpha value is -3.48. The summed E-state index contributed by atoms with van der Waals surface area (Å²) in [5, 5.41) is 6.47. The maximum atomic E-state index is 5.61. The van der Waals surface area contributed by atoms with Crippen molar-refractivity contribution in [2.24, 2.45) is 0 Å². The molecule has 0 saturated carbocycles. The van der Waals surface area contributed by atoms with Crippen molar-refractivity contribution in [3.63, 3.8) is 0 Å². The Bertz CT molecular complexity index is 962. The van der Waals surface area contributed by atoms with Gasteiger partial charge in [0.1, 0.15) is 24.8 Å². The number of hydrogen-bond acceptors (Lipinski definition) is 7. The molecule has 2 N–H and O–H groups in total. The number of fused-ring (bicyclic) bond motifs is 1. The van der Waals surface area contributed by atoms with E-state index in [1.54, 1.807) is 19.4 Å². The number of aromatic nitrogens is 2. The number of benzene rings is 2. The molecule has 3 aromatic rings. The fourth-order valence-corrected chi connectivity index (χ4v) is 2.80. The molecule has 0 atom stereocenters. The largest absolute Gasteiger partial charge is 0.495 e. The summed E-state index contributed by atoms with van der Waals surface area (Å²) in [6.45, 7) is 3.14. The van der Waals surface area contributed by atoms with Crippen LogP contribution >= 0.6 is 0 Å². The number of nitrogens with zero attached hydrogens (tertiary/aromatic N) is 2. The molecule has 0 bridgehead atoms. The molecule has 0 aliphatic carbocycles. The lowest BCUT2D eigenvalue weighted by Crippen LogP contribution is -2.15. The zero-order valence-electron chi connectivity index (χ0n) is 15.2. The van der Waals surface area contributed by atoms with Gasteiger partial charge in [-0.2, -0.15) is 4.98 Å². The van der Waals surface area contributed by atoms with E-state index in [1.165, 1.54) is 0 Å². The third-order valence-electron chi connectivity index (χ3n) is 4.07. The Labute approximate surface area is 157 Å². The summed E-state index contributed by atoms with van der Waals surface area (Å²) in [4.78, 5) is 8.80. The predicted octanol–water partition coefficient (Wildman–Crippen LogP) is 4.05. The Morgan fingerprint density at radius 2 is 1.81 bits per heavy atom. The summed E-state index contributed by atoms with van der Waals surface area (Å²) in [5.41, 5.74) is 2.80. The van der Waals surface area contributed by atoms with E-state index in [1.807, 2.05) is 43.3 Å². The van der Waals surface area contributed by atoms with Crippen LogP contribution < -0.4 is 24.8 Å². The molecule has 1 aliphatic heterocycles. The van der Waals surface area contributed by atoms with E-state index in [-0.39, 0.29) is 0 Å². The predicted molar refractivity (Wildman–Crippen MR) is 104 cm³/mol. The van der Waals surface area contributed by atoms with Gasteiger partial charge < -0.3 is 24.8 Å². The van der Waals surface area contributed by atoms with Gasteiger partial charge in [0, 0.05) is 18.0 Å². The lowest BCUT2D eigenvalue weighted by Gasteiger charge is -2.19. The highest BCUT2D eigenvalue weighted by atomic mass is 16.6. The SMILES string of the molecule is COc1ccc(C)cc1Nc1ccnc(Nc2ccc3c(c2)OCCO3)n1. The number of aryl methyl sites for hydroxylation is 1. The van der Waals surface area contributed by atoms with Gasteiger partial charge in [-0.1, -0.05) is 6.07 Å². The number of nitrogens with one attached hydrogen (secondary N) is 2. The van der Waals surface area contributed by atoms with E-state index in [0.29, 0.717) is 30.7 Å². The van der Waals surface area contributed by atoms with Crippen molar-refractivity contribution in [2.75, 3.05) is 31.0 Å². The van der Waals surface area contributed by atoms with Crippen molar-refractivity contribution in [3.8, 4) is 17.2 Å². The van der Waals surface area contributed by atoms with Gasteiger partial charge in [0.15, 0.2) is 11.5 Å². The smallest absolute Gasteiger partial charge is 0.229 e. The summed E-state index contributed by atoms with van der Waals surface area (Å²) < 4.78 is 16.6. The maximum absolute atomic E-state index is 5.61. The van der Waals surface area contributed by atoms with Gasteiger partial charge in [-0.15, -0.1) is 0 Å². The minimum Gasteiger partial charge on any atom is -0.495 e. The summed E-state index contributed by atoms with van der Waals surface area (Å²) >= 11 is 0. The quantitative estimate of drug-likeness (QED) is 0.707.